The third kappa shape index (κ3) is 4.76. The van der Waals surface area contributed by atoms with Crippen molar-refractivity contribution < 1.29 is 0 Å². The average molecular weight is 240 g/mol. The van der Waals surface area contributed by atoms with E-state index in [4.69, 9.17) is 0 Å². The van der Waals surface area contributed by atoms with E-state index in [9.17, 15) is 5.26 Å². The molecule has 1 N–H and O–H groups in total. The third-order valence-corrected chi connectivity index (χ3v) is 4.08. The first-order valence-electron chi connectivity index (χ1n) is 6.42. The molecule has 0 aromatic heterocycles. The summed E-state index contributed by atoms with van der Waals surface area (Å²) < 4.78 is 0. The van der Waals surface area contributed by atoms with Crippen LogP contribution in [0.15, 0.2) is 0 Å². The first kappa shape index (κ1) is 13.9. The molecule has 0 heterocycles. The third-order valence-electron chi connectivity index (χ3n) is 3.44. The standard InChI is InChI=1S/C13H24N2S/c1-11(8-9-16-2)15-13-7-5-3-4-6-12(13)10-14/h11-13,15H,3-9H2,1-2H3. The Morgan fingerprint density at radius 3 is 2.81 bits per heavy atom. The van der Waals surface area contributed by atoms with E-state index in [1.54, 1.807) is 0 Å². The van der Waals surface area contributed by atoms with Crippen LogP contribution in [0.2, 0.25) is 0 Å². The molecular weight excluding hydrogens is 216 g/mol. The summed E-state index contributed by atoms with van der Waals surface area (Å²) >= 11 is 1.90. The Kier molecular flexibility index (Phi) is 6.91. The van der Waals surface area contributed by atoms with Gasteiger partial charge in [0.25, 0.3) is 0 Å². The van der Waals surface area contributed by atoms with Crippen molar-refractivity contribution in [3.8, 4) is 6.07 Å². The fourth-order valence-corrected chi connectivity index (χ4v) is 2.99. The number of nitrogens with zero attached hydrogens (tertiary/aromatic N) is 1. The van der Waals surface area contributed by atoms with E-state index in [0.717, 1.165) is 6.42 Å². The molecule has 1 aliphatic rings. The van der Waals surface area contributed by atoms with Gasteiger partial charge in [-0.25, -0.2) is 0 Å². The van der Waals surface area contributed by atoms with Gasteiger partial charge >= 0.3 is 0 Å². The van der Waals surface area contributed by atoms with Crippen molar-refractivity contribution in [1.82, 2.24) is 5.32 Å². The van der Waals surface area contributed by atoms with Crippen LogP contribution in [0.25, 0.3) is 0 Å². The SMILES string of the molecule is CSCCC(C)NC1CCCCCC1C#N. The molecule has 3 unspecified atom stereocenters. The van der Waals surface area contributed by atoms with Crippen molar-refractivity contribution in [3.63, 3.8) is 0 Å². The van der Waals surface area contributed by atoms with Crippen LogP contribution in [-0.2, 0) is 0 Å². The summed E-state index contributed by atoms with van der Waals surface area (Å²) in [4.78, 5) is 0. The van der Waals surface area contributed by atoms with Crippen LogP contribution in [0.5, 0.6) is 0 Å². The Labute approximate surface area is 104 Å². The number of hydrogen-bond donors (Lipinski definition) is 1. The van der Waals surface area contributed by atoms with Crippen molar-refractivity contribution >= 4 is 11.8 Å². The normalized spacial score (nSPS) is 28.1. The molecule has 1 rings (SSSR count). The van der Waals surface area contributed by atoms with E-state index in [2.05, 4.69) is 24.6 Å². The lowest BCUT2D eigenvalue weighted by Crippen LogP contribution is -2.41. The molecular formula is C13H24N2S. The summed E-state index contributed by atoms with van der Waals surface area (Å²) in [7, 11) is 0. The Morgan fingerprint density at radius 2 is 2.12 bits per heavy atom. The van der Waals surface area contributed by atoms with Crippen LogP contribution in [0.1, 0.15) is 45.4 Å². The predicted octanol–water partition coefficient (Wildman–Crippen LogP) is 3.19. The van der Waals surface area contributed by atoms with Gasteiger partial charge in [0.2, 0.25) is 0 Å². The molecule has 0 aliphatic heterocycles. The highest BCUT2D eigenvalue weighted by Crippen LogP contribution is 2.23. The number of nitriles is 1. The van der Waals surface area contributed by atoms with Crippen molar-refractivity contribution in [2.75, 3.05) is 12.0 Å². The maximum atomic E-state index is 9.18. The fraction of sp³-hybridized carbons (Fsp3) is 0.923. The van der Waals surface area contributed by atoms with Gasteiger partial charge in [0.05, 0.1) is 12.0 Å². The number of thioether (sulfide) groups is 1. The molecule has 0 amide bonds. The van der Waals surface area contributed by atoms with Crippen LogP contribution < -0.4 is 5.32 Å². The molecule has 0 saturated heterocycles. The molecule has 1 saturated carbocycles. The lowest BCUT2D eigenvalue weighted by atomic mass is 9.95. The van der Waals surface area contributed by atoms with Crippen molar-refractivity contribution in [2.24, 2.45) is 5.92 Å². The van der Waals surface area contributed by atoms with Crippen LogP contribution in [0, 0.1) is 17.2 Å². The van der Waals surface area contributed by atoms with E-state index < -0.39 is 0 Å². The molecule has 3 heteroatoms. The first-order valence-corrected chi connectivity index (χ1v) is 7.82. The summed E-state index contributed by atoms with van der Waals surface area (Å²) in [5.74, 6) is 1.44. The second-order valence-electron chi connectivity index (χ2n) is 4.83. The minimum atomic E-state index is 0.235. The maximum Gasteiger partial charge on any atom is 0.0672 e. The zero-order chi connectivity index (χ0) is 11.8. The summed E-state index contributed by atoms with van der Waals surface area (Å²) in [6, 6.07) is 3.47. The molecule has 2 nitrogen and oxygen atoms in total. The summed E-state index contributed by atoms with van der Waals surface area (Å²) in [5, 5.41) is 12.8. The minimum absolute atomic E-state index is 0.235. The number of nitrogens with one attached hydrogen (secondary N) is 1. The molecule has 3 atom stereocenters. The summed E-state index contributed by atoms with van der Waals surface area (Å²) in [6.45, 7) is 2.25. The Morgan fingerprint density at radius 1 is 1.38 bits per heavy atom. The maximum absolute atomic E-state index is 9.18. The Hall–Kier alpha value is -0.200. The van der Waals surface area contributed by atoms with Gasteiger partial charge < -0.3 is 5.32 Å². The van der Waals surface area contributed by atoms with Gasteiger partial charge in [0.1, 0.15) is 0 Å². The topological polar surface area (TPSA) is 35.8 Å². The lowest BCUT2D eigenvalue weighted by molar-refractivity contribution is 0.354. The van der Waals surface area contributed by atoms with Crippen LogP contribution in [0.3, 0.4) is 0 Å². The fourth-order valence-electron chi connectivity index (χ4n) is 2.41. The monoisotopic (exact) mass is 240 g/mol. The molecule has 1 aliphatic carbocycles. The molecule has 0 radical (unpaired) electrons. The average Bonchev–Trinajstić information content (AvgIpc) is 2.51. The largest absolute Gasteiger partial charge is 0.310 e. The Balaban J connectivity index is 2.39. The van der Waals surface area contributed by atoms with Crippen molar-refractivity contribution in [2.45, 2.75) is 57.5 Å². The quantitative estimate of drug-likeness (QED) is 0.750. The van der Waals surface area contributed by atoms with E-state index in [0.29, 0.717) is 12.1 Å². The van der Waals surface area contributed by atoms with Gasteiger partial charge in [-0.2, -0.15) is 17.0 Å². The van der Waals surface area contributed by atoms with Crippen molar-refractivity contribution in [3.05, 3.63) is 0 Å². The summed E-state index contributed by atoms with van der Waals surface area (Å²) in [6.07, 6.45) is 9.44. The van der Waals surface area contributed by atoms with E-state index in [1.165, 1.54) is 37.9 Å². The lowest BCUT2D eigenvalue weighted by Gasteiger charge is -2.25. The van der Waals surface area contributed by atoms with E-state index in [1.807, 2.05) is 11.8 Å². The van der Waals surface area contributed by atoms with Gasteiger partial charge in [0.15, 0.2) is 0 Å². The van der Waals surface area contributed by atoms with Crippen molar-refractivity contribution in [1.29, 1.82) is 5.26 Å². The van der Waals surface area contributed by atoms with E-state index in [-0.39, 0.29) is 5.92 Å². The zero-order valence-corrected chi connectivity index (χ0v) is 11.4. The van der Waals surface area contributed by atoms with Crippen LogP contribution >= 0.6 is 11.8 Å². The molecule has 1 fully saturated rings. The van der Waals surface area contributed by atoms with Gasteiger partial charge in [-0.1, -0.05) is 19.3 Å². The molecule has 92 valence electrons. The highest BCUT2D eigenvalue weighted by molar-refractivity contribution is 7.98. The van der Waals surface area contributed by atoms with Crippen LogP contribution in [-0.4, -0.2) is 24.1 Å². The smallest absolute Gasteiger partial charge is 0.0672 e. The molecule has 0 aromatic carbocycles. The first-order chi connectivity index (χ1) is 7.77. The molecule has 0 bridgehead atoms. The highest BCUT2D eigenvalue weighted by atomic mass is 32.2. The number of rotatable bonds is 5. The van der Waals surface area contributed by atoms with Gasteiger partial charge in [0, 0.05) is 12.1 Å². The number of hydrogen-bond acceptors (Lipinski definition) is 3. The van der Waals surface area contributed by atoms with Crippen LogP contribution in [0.4, 0.5) is 0 Å². The molecule has 16 heavy (non-hydrogen) atoms. The Bertz CT molecular complexity index is 224. The summed E-state index contributed by atoms with van der Waals surface area (Å²) in [5.41, 5.74) is 0. The van der Waals surface area contributed by atoms with Gasteiger partial charge in [-0.05, 0) is 38.2 Å². The second-order valence-corrected chi connectivity index (χ2v) is 5.81. The molecule has 0 spiro atoms. The highest BCUT2D eigenvalue weighted by Gasteiger charge is 2.24. The minimum Gasteiger partial charge on any atom is -0.310 e. The molecule has 0 aromatic rings. The van der Waals surface area contributed by atoms with Gasteiger partial charge in [-0.15, -0.1) is 0 Å². The second kappa shape index (κ2) is 7.97. The van der Waals surface area contributed by atoms with E-state index >= 15 is 0 Å². The zero-order valence-electron chi connectivity index (χ0n) is 10.5. The predicted molar refractivity (Wildman–Crippen MR) is 71.6 cm³/mol. The van der Waals surface area contributed by atoms with Gasteiger partial charge in [-0.3, -0.25) is 0 Å².